The van der Waals surface area contributed by atoms with Crippen molar-refractivity contribution in [3.05, 3.63) is 90.3 Å². The van der Waals surface area contributed by atoms with Crippen molar-refractivity contribution >= 4 is 81.2 Å². The summed E-state index contributed by atoms with van der Waals surface area (Å²) < 4.78 is 40.4. The maximum atomic E-state index is 13.5. The van der Waals surface area contributed by atoms with E-state index in [2.05, 4.69) is 10.6 Å². The zero-order valence-electron chi connectivity index (χ0n) is 16.0. The number of benzene rings is 3. The minimum Gasteiger partial charge on any atom is -0.321 e. The SMILES string of the molecule is O=C(Nc1cc(C(F)(F)F)cc(NC(=O)c2ccc(Cl)cc2Cl)c1Cl)c1ccc(Cl)cc1Cl. The summed E-state index contributed by atoms with van der Waals surface area (Å²) in [4.78, 5) is 25.2. The molecule has 12 heteroatoms. The number of amides is 2. The fraction of sp³-hybridized carbons (Fsp3) is 0.0476. The fourth-order valence-corrected chi connectivity index (χ4v) is 3.89. The predicted octanol–water partition coefficient (Wildman–Crippen LogP) is 8.48. The van der Waals surface area contributed by atoms with Crippen molar-refractivity contribution in [3.63, 3.8) is 0 Å². The third-order valence-corrected chi connectivity index (χ3v) is 5.75. The van der Waals surface area contributed by atoms with Gasteiger partial charge in [0.2, 0.25) is 0 Å². The number of anilines is 2. The zero-order chi connectivity index (χ0) is 24.5. The van der Waals surface area contributed by atoms with E-state index in [1.54, 1.807) is 0 Å². The van der Waals surface area contributed by atoms with Gasteiger partial charge in [-0.3, -0.25) is 9.59 Å². The normalized spacial score (nSPS) is 11.3. The second kappa shape index (κ2) is 9.99. The lowest BCUT2D eigenvalue weighted by Gasteiger charge is -2.17. The molecule has 0 spiro atoms. The van der Waals surface area contributed by atoms with E-state index in [0.29, 0.717) is 12.1 Å². The van der Waals surface area contributed by atoms with Crippen molar-refractivity contribution in [2.75, 3.05) is 10.6 Å². The fourth-order valence-electron chi connectivity index (χ4n) is 2.70. The molecule has 0 aliphatic heterocycles. The Hall–Kier alpha value is -2.16. The molecule has 0 atom stereocenters. The summed E-state index contributed by atoms with van der Waals surface area (Å²) in [6.45, 7) is 0. The first-order valence-corrected chi connectivity index (χ1v) is 10.7. The quantitative estimate of drug-likeness (QED) is 0.339. The zero-order valence-corrected chi connectivity index (χ0v) is 19.7. The van der Waals surface area contributed by atoms with Crippen LogP contribution in [0.5, 0.6) is 0 Å². The van der Waals surface area contributed by atoms with Crippen molar-refractivity contribution in [1.82, 2.24) is 0 Å². The summed E-state index contributed by atoms with van der Waals surface area (Å²) >= 11 is 29.8. The second-order valence-corrected chi connectivity index (χ2v) is 8.60. The molecule has 33 heavy (non-hydrogen) atoms. The lowest BCUT2D eigenvalue weighted by Crippen LogP contribution is -2.17. The Morgan fingerprint density at radius 1 is 0.667 bits per heavy atom. The van der Waals surface area contributed by atoms with Gasteiger partial charge in [0.25, 0.3) is 11.8 Å². The minimum absolute atomic E-state index is 0.0194. The van der Waals surface area contributed by atoms with Crippen LogP contribution in [0.3, 0.4) is 0 Å². The van der Waals surface area contributed by atoms with Crippen molar-refractivity contribution in [2.24, 2.45) is 0 Å². The number of alkyl halides is 3. The molecule has 0 heterocycles. The highest BCUT2D eigenvalue weighted by atomic mass is 35.5. The van der Waals surface area contributed by atoms with Gasteiger partial charge in [-0.05, 0) is 48.5 Å². The molecule has 2 N–H and O–H groups in total. The number of hydrogen-bond acceptors (Lipinski definition) is 2. The Balaban J connectivity index is 2.00. The van der Waals surface area contributed by atoms with Crippen LogP contribution in [0.15, 0.2) is 48.5 Å². The highest BCUT2D eigenvalue weighted by Gasteiger charge is 2.33. The summed E-state index contributed by atoms with van der Waals surface area (Å²) in [6.07, 6.45) is -4.81. The van der Waals surface area contributed by atoms with Gasteiger partial charge in [0.15, 0.2) is 0 Å². The lowest BCUT2D eigenvalue weighted by molar-refractivity contribution is -0.137. The molecule has 3 aromatic carbocycles. The van der Waals surface area contributed by atoms with Gasteiger partial charge in [-0.15, -0.1) is 0 Å². The Morgan fingerprint density at radius 2 is 1.06 bits per heavy atom. The van der Waals surface area contributed by atoms with E-state index in [4.69, 9.17) is 58.0 Å². The first-order valence-electron chi connectivity index (χ1n) is 8.80. The van der Waals surface area contributed by atoms with Crippen LogP contribution in [-0.2, 0) is 6.18 Å². The Bertz CT molecular complexity index is 1180. The maximum Gasteiger partial charge on any atom is 0.416 e. The molecule has 2 amide bonds. The van der Waals surface area contributed by atoms with Crippen molar-refractivity contribution in [1.29, 1.82) is 0 Å². The van der Waals surface area contributed by atoms with Crippen LogP contribution in [0.25, 0.3) is 0 Å². The van der Waals surface area contributed by atoms with Crippen LogP contribution in [0.2, 0.25) is 25.1 Å². The number of nitrogens with one attached hydrogen (secondary N) is 2. The van der Waals surface area contributed by atoms with Crippen molar-refractivity contribution in [2.45, 2.75) is 6.18 Å². The van der Waals surface area contributed by atoms with Gasteiger partial charge < -0.3 is 10.6 Å². The van der Waals surface area contributed by atoms with E-state index in [9.17, 15) is 22.8 Å². The molecule has 0 unspecified atom stereocenters. The van der Waals surface area contributed by atoms with Gasteiger partial charge in [-0.1, -0.05) is 58.0 Å². The van der Waals surface area contributed by atoms with E-state index in [0.717, 1.165) is 0 Å². The predicted molar refractivity (Wildman–Crippen MR) is 125 cm³/mol. The molecule has 4 nitrogen and oxygen atoms in total. The molecule has 3 aromatic rings. The molecular formula is C21H10Cl5F3N2O2. The smallest absolute Gasteiger partial charge is 0.321 e. The van der Waals surface area contributed by atoms with Crippen molar-refractivity contribution < 1.29 is 22.8 Å². The molecule has 0 aliphatic rings. The lowest BCUT2D eigenvalue weighted by atomic mass is 10.1. The van der Waals surface area contributed by atoms with Crippen molar-refractivity contribution in [3.8, 4) is 0 Å². The van der Waals surface area contributed by atoms with E-state index in [1.165, 1.54) is 36.4 Å². The number of halogens is 8. The van der Waals surface area contributed by atoms with E-state index >= 15 is 0 Å². The molecule has 0 aliphatic carbocycles. The highest BCUT2D eigenvalue weighted by Crippen LogP contribution is 2.39. The summed E-state index contributed by atoms with van der Waals surface area (Å²) in [7, 11) is 0. The van der Waals surface area contributed by atoms with Gasteiger partial charge in [0, 0.05) is 10.0 Å². The summed E-state index contributed by atoms with van der Waals surface area (Å²) in [5, 5.41) is 4.70. The first-order chi connectivity index (χ1) is 15.4. The molecular weight excluding hydrogens is 547 g/mol. The molecule has 0 saturated heterocycles. The number of hydrogen-bond donors (Lipinski definition) is 2. The average Bonchev–Trinajstić information content (AvgIpc) is 2.69. The third-order valence-electron chi connectivity index (χ3n) is 4.25. The Kier molecular flexibility index (Phi) is 7.71. The summed E-state index contributed by atoms with van der Waals surface area (Å²) in [6, 6.07) is 9.24. The number of carbonyl (C=O) groups excluding carboxylic acids is 2. The molecule has 0 aromatic heterocycles. The van der Waals surface area contributed by atoms with Crippen LogP contribution in [0.1, 0.15) is 26.3 Å². The van der Waals surface area contributed by atoms with Gasteiger partial charge >= 0.3 is 6.18 Å². The van der Waals surface area contributed by atoms with E-state index < -0.39 is 34.9 Å². The third kappa shape index (κ3) is 6.05. The maximum absolute atomic E-state index is 13.5. The Morgan fingerprint density at radius 3 is 1.39 bits per heavy atom. The molecule has 0 bridgehead atoms. The molecule has 0 fully saturated rings. The summed E-state index contributed by atoms with van der Waals surface area (Å²) in [5.41, 5.74) is -2.07. The average molecular weight is 557 g/mol. The van der Waals surface area contributed by atoms with Gasteiger partial charge in [-0.25, -0.2) is 0 Å². The largest absolute Gasteiger partial charge is 0.416 e. The molecule has 0 saturated carbocycles. The molecule has 172 valence electrons. The highest BCUT2D eigenvalue weighted by molar-refractivity contribution is 6.40. The number of rotatable bonds is 4. The molecule has 0 radical (unpaired) electrons. The van der Waals surface area contributed by atoms with E-state index in [-0.39, 0.29) is 36.2 Å². The molecule has 3 rings (SSSR count). The van der Waals surface area contributed by atoms with E-state index in [1.807, 2.05) is 0 Å². The van der Waals surface area contributed by atoms with Gasteiger partial charge in [0.05, 0.1) is 43.1 Å². The van der Waals surface area contributed by atoms with Crippen LogP contribution >= 0.6 is 58.0 Å². The van der Waals surface area contributed by atoms with Gasteiger partial charge in [0.1, 0.15) is 0 Å². The second-order valence-electron chi connectivity index (χ2n) is 6.54. The number of carbonyl (C=O) groups is 2. The van der Waals surface area contributed by atoms with Gasteiger partial charge in [-0.2, -0.15) is 13.2 Å². The van der Waals surface area contributed by atoms with Crippen LogP contribution in [0, 0.1) is 0 Å². The van der Waals surface area contributed by atoms with Crippen LogP contribution in [-0.4, -0.2) is 11.8 Å². The topological polar surface area (TPSA) is 58.2 Å². The summed E-state index contributed by atoms with van der Waals surface area (Å²) in [5.74, 6) is -1.67. The Labute approximate surface area is 210 Å². The van der Waals surface area contributed by atoms with Crippen LogP contribution < -0.4 is 10.6 Å². The monoisotopic (exact) mass is 554 g/mol. The minimum atomic E-state index is -4.81. The first kappa shape index (κ1) is 25.5. The standard InChI is InChI=1S/C21H10Cl5F3N2O2/c22-10-1-3-12(14(24)7-10)19(32)30-16-5-9(21(27,28)29)6-17(18(16)26)31-20(33)13-4-2-11(23)8-15(13)25/h1-8H,(H,30,32)(H,31,33). The van der Waals surface area contributed by atoms with Crippen LogP contribution in [0.4, 0.5) is 24.5 Å².